The lowest BCUT2D eigenvalue weighted by Crippen LogP contribution is -2.48. The number of amides is 2. The number of hydrogen-bond donors (Lipinski definition) is 1. The summed E-state index contributed by atoms with van der Waals surface area (Å²) >= 11 is 0. The number of carbonyl (C=O) groups excluding carboxylic acids is 2. The molecule has 1 heterocycles. The van der Waals surface area contributed by atoms with Crippen LogP contribution in [0.3, 0.4) is 0 Å². The first-order valence-corrected chi connectivity index (χ1v) is 11.1. The molecular weight excluding hydrogens is 398 g/mol. The molecule has 5 heteroatoms. The van der Waals surface area contributed by atoms with E-state index in [-0.39, 0.29) is 11.8 Å². The molecule has 0 unspecified atom stereocenters. The normalized spacial score (nSPS) is 14.9. The molecule has 1 atom stereocenters. The maximum Gasteiger partial charge on any atom is 0.259 e. The van der Waals surface area contributed by atoms with E-state index in [1.54, 1.807) is 17.0 Å². The molecule has 3 aromatic rings. The van der Waals surface area contributed by atoms with E-state index in [0.29, 0.717) is 18.5 Å². The van der Waals surface area contributed by atoms with E-state index in [2.05, 4.69) is 29.4 Å². The Hall–Kier alpha value is -3.44. The maximum atomic E-state index is 13.3. The zero-order valence-electron chi connectivity index (χ0n) is 18.4. The molecule has 32 heavy (non-hydrogen) atoms. The Labute approximate surface area is 189 Å². The molecule has 5 nitrogen and oxygen atoms in total. The Morgan fingerprint density at radius 2 is 1.59 bits per heavy atom. The molecule has 1 aliphatic heterocycles. The summed E-state index contributed by atoms with van der Waals surface area (Å²) in [4.78, 5) is 30.2. The molecule has 0 fully saturated rings. The van der Waals surface area contributed by atoms with Gasteiger partial charge in [0.15, 0.2) is 0 Å². The van der Waals surface area contributed by atoms with Crippen molar-refractivity contribution in [3.05, 3.63) is 102 Å². The predicted octanol–water partition coefficient (Wildman–Crippen LogP) is 3.90. The quantitative estimate of drug-likeness (QED) is 0.555. The second-order valence-corrected chi connectivity index (χ2v) is 8.26. The van der Waals surface area contributed by atoms with Crippen LogP contribution in [0.25, 0.3) is 0 Å². The molecule has 0 bridgehead atoms. The standard InChI is InChI=1S/C27H29N3O2/c1-29(20-21-11-4-2-5-12-21)18-10-17-28-26(31)25-19-23-15-8-9-16-24(23)30(25)27(32)22-13-6-3-7-14-22/h2-9,11-16,25H,10,17-20H2,1H3,(H,28,31)/t25-/m1/s1. The lowest BCUT2D eigenvalue weighted by molar-refractivity contribution is -0.122. The van der Waals surface area contributed by atoms with Crippen molar-refractivity contribution >= 4 is 17.5 Å². The lowest BCUT2D eigenvalue weighted by Gasteiger charge is -2.25. The Morgan fingerprint density at radius 1 is 0.938 bits per heavy atom. The van der Waals surface area contributed by atoms with Crippen LogP contribution in [0.1, 0.15) is 27.9 Å². The van der Waals surface area contributed by atoms with E-state index in [9.17, 15) is 9.59 Å². The molecule has 0 saturated carbocycles. The fourth-order valence-corrected chi connectivity index (χ4v) is 4.22. The van der Waals surface area contributed by atoms with Crippen LogP contribution >= 0.6 is 0 Å². The second-order valence-electron chi connectivity index (χ2n) is 8.26. The number of benzene rings is 3. The summed E-state index contributed by atoms with van der Waals surface area (Å²) in [5.41, 5.74) is 3.71. The first kappa shape index (κ1) is 21.8. The summed E-state index contributed by atoms with van der Waals surface area (Å²) < 4.78 is 0. The van der Waals surface area contributed by atoms with Gasteiger partial charge >= 0.3 is 0 Å². The number of nitrogens with zero attached hydrogens (tertiary/aromatic N) is 2. The number of para-hydroxylation sites is 1. The van der Waals surface area contributed by atoms with Crippen LogP contribution < -0.4 is 10.2 Å². The molecular formula is C27H29N3O2. The van der Waals surface area contributed by atoms with Gasteiger partial charge in [-0.1, -0.05) is 66.7 Å². The Kier molecular flexibility index (Phi) is 6.97. The van der Waals surface area contributed by atoms with Gasteiger partial charge in [0.2, 0.25) is 5.91 Å². The first-order valence-electron chi connectivity index (χ1n) is 11.1. The van der Waals surface area contributed by atoms with Crippen LogP contribution in [-0.4, -0.2) is 42.9 Å². The van der Waals surface area contributed by atoms with Gasteiger partial charge < -0.3 is 10.2 Å². The average molecular weight is 428 g/mol. The molecule has 164 valence electrons. The van der Waals surface area contributed by atoms with Gasteiger partial charge in [0.1, 0.15) is 6.04 Å². The molecule has 0 radical (unpaired) electrons. The Bertz CT molecular complexity index is 1050. The van der Waals surface area contributed by atoms with E-state index in [1.807, 2.05) is 60.7 Å². The third kappa shape index (κ3) is 5.06. The zero-order valence-corrected chi connectivity index (χ0v) is 18.4. The Morgan fingerprint density at radius 3 is 2.34 bits per heavy atom. The SMILES string of the molecule is CN(CCCNC(=O)[C@H]1Cc2ccccc2N1C(=O)c1ccccc1)Cc1ccccc1. The summed E-state index contributed by atoms with van der Waals surface area (Å²) in [6.07, 6.45) is 1.38. The number of carbonyl (C=O) groups is 2. The molecule has 0 aromatic heterocycles. The molecule has 3 aromatic carbocycles. The third-order valence-corrected chi connectivity index (χ3v) is 5.83. The highest BCUT2D eigenvalue weighted by molar-refractivity contribution is 6.11. The topological polar surface area (TPSA) is 52.7 Å². The summed E-state index contributed by atoms with van der Waals surface area (Å²) in [5.74, 6) is -0.241. The predicted molar refractivity (Wildman–Crippen MR) is 128 cm³/mol. The highest BCUT2D eigenvalue weighted by Crippen LogP contribution is 2.33. The van der Waals surface area contributed by atoms with Gasteiger partial charge in [0.05, 0.1) is 0 Å². The van der Waals surface area contributed by atoms with Crippen LogP contribution in [-0.2, 0) is 17.8 Å². The third-order valence-electron chi connectivity index (χ3n) is 5.83. The maximum absolute atomic E-state index is 13.3. The minimum absolute atomic E-state index is 0.101. The van der Waals surface area contributed by atoms with Crippen LogP contribution in [0.15, 0.2) is 84.9 Å². The van der Waals surface area contributed by atoms with Crippen molar-refractivity contribution in [3.63, 3.8) is 0 Å². The number of nitrogens with one attached hydrogen (secondary N) is 1. The monoisotopic (exact) mass is 427 g/mol. The van der Waals surface area contributed by atoms with Gasteiger partial charge in [-0.2, -0.15) is 0 Å². The lowest BCUT2D eigenvalue weighted by atomic mass is 10.1. The summed E-state index contributed by atoms with van der Waals surface area (Å²) in [6, 6.07) is 26.8. The Balaban J connectivity index is 1.35. The van der Waals surface area contributed by atoms with Gasteiger partial charge in [0, 0.05) is 30.8 Å². The molecule has 0 spiro atoms. The minimum atomic E-state index is -0.526. The zero-order chi connectivity index (χ0) is 22.3. The van der Waals surface area contributed by atoms with Crippen molar-refractivity contribution < 1.29 is 9.59 Å². The number of anilines is 1. The minimum Gasteiger partial charge on any atom is -0.354 e. The van der Waals surface area contributed by atoms with Crippen molar-refractivity contribution in [1.82, 2.24) is 10.2 Å². The highest BCUT2D eigenvalue weighted by Gasteiger charge is 2.38. The molecule has 2 amide bonds. The van der Waals surface area contributed by atoms with E-state index in [4.69, 9.17) is 0 Å². The van der Waals surface area contributed by atoms with Crippen LogP contribution in [0, 0.1) is 0 Å². The van der Waals surface area contributed by atoms with Crippen LogP contribution in [0.5, 0.6) is 0 Å². The highest BCUT2D eigenvalue weighted by atomic mass is 16.2. The van der Waals surface area contributed by atoms with Crippen molar-refractivity contribution in [2.75, 3.05) is 25.0 Å². The molecule has 4 rings (SSSR count). The smallest absolute Gasteiger partial charge is 0.259 e. The van der Waals surface area contributed by atoms with Crippen molar-refractivity contribution in [3.8, 4) is 0 Å². The largest absolute Gasteiger partial charge is 0.354 e. The van der Waals surface area contributed by atoms with E-state index in [0.717, 1.165) is 30.8 Å². The molecule has 1 aliphatic rings. The van der Waals surface area contributed by atoms with Gasteiger partial charge in [-0.25, -0.2) is 0 Å². The van der Waals surface area contributed by atoms with Crippen molar-refractivity contribution in [1.29, 1.82) is 0 Å². The number of rotatable bonds is 8. The van der Waals surface area contributed by atoms with E-state index >= 15 is 0 Å². The van der Waals surface area contributed by atoms with Crippen LogP contribution in [0.2, 0.25) is 0 Å². The fourth-order valence-electron chi connectivity index (χ4n) is 4.22. The molecule has 0 aliphatic carbocycles. The van der Waals surface area contributed by atoms with Crippen LogP contribution in [0.4, 0.5) is 5.69 Å². The average Bonchev–Trinajstić information content (AvgIpc) is 3.22. The summed E-state index contributed by atoms with van der Waals surface area (Å²) in [6.45, 7) is 2.34. The van der Waals surface area contributed by atoms with Gasteiger partial charge in [-0.05, 0) is 49.3 Å². The number of hydrogen-bond acceptors (Lipinski definition) is 3. The fraction of sp³-hybridized carbons (Fsp3) is 0.259. The summed E-state index contributed by atoms with van der Waals surface area (Å²) in [7, 11) is 2.09. The first-order chi connectivity index (χ1) is 15.6. The van der Waals surface area contributed by atoms with E-state index < -0.39 is 6.04 Å². The molecule has 0 saturated heterocycles. The van der Waals surface area contributed by atoms with E-state index in [1.165, 1.54) is 5.56 Å². The van der Waals surface area contributed by atoms with Crippen molar-refractivity contribution in [2.45, 2.75) is 25.4 Å². The van der Waals surface area contributed by atoms with Gasteiger partial charge in [-0.3, -0.25) is 14.5 Å². The number of fused-ring (bicyclic) bond motifs is 1. The van der Waals surface area contributed by atoms with Gasteiger partial charge in [-0.15, -0.1) is 0 Å². The molecule has 1 N–H and O–H groups in total. The van der Waals surface area contributed by atoms with Gasteiger partial charge in [0.25, 0.3) is 5.91 Å². The second kappa shape index (κ2) is 10.2. The van der Waals surface area contributed by atoms with Crippen molar-refractivity contribution in [2.24, 2.45) is 0 Å². The summed E-state index contributed by atoms with van der Waals surface area (Å²) in [5, 5.41) is 3.06.